The molecule has 0 heterocycles. The third-order valence-corrected chi connectivity index (χ3v) is 9.28. The van der Waals surface area contributed by atoms with Gasteiger partial charge in [-0.25, -0.2) is 0 Å². The van der Waals surface area contributed by atoms with Crippen molar-refractivity contribution in [3.8, 4) is 0 Å². The Bertz CT molecular complexity index is 824. The quantitative estimate of drug-likeness (QED) is 0.0631. The maximum atomic E-state index is 12.1. The van der Waals surface area contributed by atoms with E-state index in [-0.39, 0.29) is 30.0 Å². The summed E-state index contributed by atoms with van der Waals surface area (Å²) in [6, 6.07) is 0. The van der Waals surface area contributed by atoms with Gasteiger partial charge in [-0.1, -0.05) is 55.6 Å². The van der Waals surface area contributed by atoms with E-state index in [2.05, 4.69) is 75.7 Å². The Hall–Kier alpha value is -1.01. The summed E-state index contributed by atoms with van der Waals surface area (Å²) in [5, 5.41) is 4.58. The first-order valence-electron chi connectivity index (χ1n) is 15.6. The summed E-state index contributed by atoms with van der Waals surface area (Å²) in [6.45, 7) is 24.5. The van der Waals surface area contributed by atoms with E-state index >= 15 is 0 Å². The number of hydrogen-bond acceptors (Lipinski definition) is 6. The molecule has 0 spiro atoms. The first-order valence-corrected chi connectivity index (χ1v) is 25.9. The first-order chi connectivity index (χ1) is 18.5. The highest BCUT2D eigenvalue weighted by Crippen LogP contribution is 2.38. The summed E-state index contributed by atoms with van der Waals surface area (Å²) in [7, 11) is -5.26. The van der Waals surface area contributed by atoms with Crippen molar-refractivity contribution in [3.05, 3.63) is 24.3 Å². The van der Waals surface area contributed by atoms with Crippen LogP contribution in [0, 0.1) is 11.8 Å². The maximum Gasteiger partial charge on any atom is 0.292 e. The summed E-state index contributed by atoms with van der Waals surface area (Å²) < 4.78 is 18.9. The summed E-state index contributed by atoms with van der Waals surface area (Å²) >= 11 is 0. The lowest BCUT2D eigenvalue weighted by atomic mass is 9.89. The standard InChI is InChI=1S/C31H61NO5Si3/c1-12-14-17-20-26(35-38(3,4)5)23-24-28-27(21-18-15-16-19-22-31(33)37-40(9,10)11)29(32-34-13-2)25-30(28)36-39(6,7)8/h15,18,23-24,26-28,30H,12-14,16-17,19-22,25H2,1-11H3/b18-15-,24-23+,32-29+/t26-,27+,28+,30+/m0/s1. The van der Waals surface area contributed by atoms with Crippen LogP contribution < -0.4 is 0 Å². The molecule has 0 saturated heterocycles. The van der Waals surface area contributed by atoms with Crippen LogP contribution in [0.5, 0.6) is 0 Å². The van der Waals surface area contributed by atoms with Crippen LogP contribution in [-0.4, -0.2) is 55.4 Å². The minimum Gasteiger partial charge on any atom is -0.520 e. The maximum absolute atomic E-state index is 12.1. The molecule has 1 saturated carbocycles. The van der Waals surface area contributed by atoms with Gasteiger partial charge in [0.2, 0.25) is 8.32 Å². The molecule has 6 nitrogen and oxygen atoms in total. The molecule has 0 amide bonds. The number of carbonyl (C=O) groups excluding carboxylic acids is 1. The molecule has 1 fully saturated rings. The number of allylic oxidation sites excluding steroid dienone is 2. The van der Waals surface area contributed by atoms with Crippen LogP contribution in [0.4, 0.5) is 0 Å². The predicted octanol–water partition coefficient (Wildman–Crippen LogP) is 9.09. The van der Waals surface area contributed by atoms with E-state index in [1.807, 2.05) is 26.6 Å². The van der Waals surface area contributed by atoms with Crippen molar-refractivity contribution in [1.29, 1.82) is 0 Å². The first kappa shape index (κ1) is 37.0. The molecular formula is C31H61NO5Si3. The summed E-state index contributed by atoms with van der Waals surface area (Å²) in [5.41, 5.74) is 1.09. The van der Waals surface area contributed by atoms with Crippen molar-refractivity contribution in [2.24, 2.45) is 17.0 Å². The molecule has 0 aliphatic heterocycles. The lowest BCUT2D eigenvalue weighted by Crippen LogP contribution is -2.35. The highest BCUT2D eigenvalue weighted by Gasteiger charge is 2.42. The lowest BCUT2D eigenvalue weighted by molar-refractivity contribution is -0.135. The van der Waals surface area contributed by atoms with E-state index in [1.54, 1.807) is 0 Å². The van der Waals surface area contributed by atoms with E-state index in [0.29, 0.717) is 13.0 Å². The second kappa shape index (κ2) is 17.8. The van der Waals surface area contributed by atoms with Gasteiger partial charge in [-0.2, -0.15) is 0 Å². The zero-order valence-corrected chi connectivity index (χ0v) is 30.7. The Balaban J connectivity index is 3.08. The molecule has 0 bridgehead atoms. The van der Waals surface area contributed by atoms with Gasteiger partial charge in [0.1, 0.15) is 6.61 Å². The van der Waals surface area contributed by atoms with Crippen LogP contribution in [0.15, 0.2) is 29.5 Å². The molecule has 9 heteroatoms. The van der Waals surface area contributed by atoms with E-state index in [4.69, 9.17) is 18.1 Å². The fourth-order valence-corrected chi connectivity index (χ4v) is 8.01. The van der Waals surface area contributed by atoms with Crippen molar-refractivity contribution in [3.63, 3.8) is 0 Å². The van der Waals surface area contributed by atoms with E-state index in [1.165, 1.54) is 19.3 Å². The summed E-state index contributed by atoms with van der Waals surface area (Å²) in [5.74, 6) is 0.377. The Labute approximate surface area is 249 Å². The van der Waals surface area contributed by atoms with Crippen LogP contribution in [0.3, 0.4) is 0 Å². The Morgan fingerprint density at radius 1 is 0.950 bits per heavy atom. The van der Waals surface area contributed by atoms with Gasteiger partial charge in [0.15, 0.2) is 16.6 Å². The normalized spacial score (nSPS) is 22.5. The van der Waals surface area contributed by atoms with Crippen LogP contribution in [-0.2, 0) is 22.9 Å². The van der Waals surface area contributed by atoms with Crippen molar-refractivity contribution in [1.82, 2.24) is 0 Å². The minimum absolute atomic E-state index is 0.0694. The highest BCUT2D eigenvalue weighted by molar-refractivity contribution is 6.71. The van der Waals surface area contributed by atoms with Crippen molar-refractivity contribution in [2.75, 3.05) is 6.61 Å². The molecular weight excluding hydrogens is 551 g/mol. The van der Waals surface area contributed by atoms with E-state index < -0.39 is 25.0 Å². The van der Waals surface area contributed by atoms with Crippen LogP contribution in [0.1, 0.15) is 71.6 Å². The molecule has 0 aromatic heterocycles. The molecule has 1 aliphatic rings. The number of rotatable bonds is 19. The van der Waals surface area contributed by atoms with E-state index in [0.717, 1.165) is 37.8 Å². The fraction of sp³-hybridized carbons (Fsp3) is 0.806. The average Bonchev–Trinajstić information content (AvgIpc) is 3.10. The smallest absolute Gasteiger partial charge is 0.292 e. The van der Waals surface area contributed by atoms with Gasteiger partial charge in [0.05, 0.1) is 17.9 Å². The predicted molar refractivity (Wildman–Crippen MR) is 177 cm³/mol. The molecule has 232 valence electrons. The number of nitrogens with zero attached hydrogens (tertiary/aromatic N) is 1. The lowest BCUT2D eigenvalue weighted by Gasteiger charge is -2.29. The number of oxime groups is 1. The van der Waals surface area contributed by atoms with Gasteiger partial charge < -0.3 is 18.1 Å². The van der Waals surface area contributed by atoms with Gasteiger partial charge in [0.25, 0.3) is 5.97 Å². The molecule has 0 aromatic rings. The van der Waals surface area contributed by atoms with Crippen LogP contribution in [0.25, 0.3) is 0 Å². The zero-order valence-electron chi connectivity index (χ0n) is 27.7. The van der Waals surface area contributed by atoms with Crippen LogP contribution >= 0.6 is 0 Å². The SMILES string of the molecule is CCCCC[C@@H](/C=C/[C@H]1[C@H](O[Si](C)(C)C)C/C(=N\OCC)[C@@H]1C/C=C\CCCC(=O)O[Si](C)(C)C)O[Si](C)(C)C. The fourth-order valence-electron chi connectivity index (χ4n) is 4.97. The third kappa shape index (κ3) is 17.1. The van der Waals surface area contributed by atoms with E-state index in [9.17, 15) is 4.79 Å². The van der Waals surface area contributed by atoms with Gasteiger partial charge in [0, 0.05) is 24.7 Å². The minimum atomic E-state index is -1.82. The Morgan fingerprint density at radius 2 is 1.65 bits per heavy atom. The molecule has 4 atom stereocenters. The molecule has 40 heavy (non-hydrogen) atoms. The van der Waals surface area contributed by atoms with Gasteiger partial charge in [-0.3, -0.25) is 4.79 Å². The van der Waals surface area contributed by atoms with Gasteiger partial charge >= 0.3 is 0 Å². The molecule has 0 aromatic carbocycles. The van der Waals surface area contributed by atoms with Gasteiger partial charge in [-0.15, -0.1) is 0 Å². The molecule has 1 rings (SSSR count). The second-order valence-electron chi connectivity index (χ2n) is 14.0. The summed E-state index contributed by atoms with van der Waals surface area (Å²) in [4.78, 5) is 17.6. The number of carbonyl (C=O) groups is 1. The Kier molecular flexibility index (Phi) is 16.5. The average molecular weight is 612 g/mol. The highest BCUT2D eigenvalue weighted by atomic mass is 28.4. The van der Waals surface area contributed by atoms with Gasteiger partial charge in [-0.05, 0) is 91.5 Å². The summed E-state index contributed by atoms with van der Waals surface area (Å²) in [6.07, 6.45) is 17.9. The monoisotopic (exact) mass is 611 g/mol. The molecule has 0 radical (unpaired) electrons. The van der Waals surface area contributed by atoms with Crippen molar-refractivity contribution >= 4 is 36.6 Å². The van der Waals surface area contributed by atoms with Crippen molar-refractivity contribution in [2.45, 2.75) is 143 Å². The zero-order chi connectivity index (χ0) is 30.4. The van der Waals surface area contributed by atoms with Crippen molar-refractivity contribution < 1.29 is 22.9 Å². The largest absolute Gasteiger partial charge is 0.520 e. The number of hydrogen-bond donors (Lipinski definition) is 0. The second-order valence-corrected chi connectivity index (χ2v) is 27.3. The van der Waals surface area contributed by atoms with Crippen LogP contribution in [0.2, 0.25) is 58.9 Å². The number of unbranched alkanes of at least 4 members (excludes halogenated alkanes) is 3. The molecule has 0 unspecified atom stereocenters. The molecule has 1 aliphatic carbocycles. The topological polar surface area (TPSA) is 66.4 Å². The Morgan fingerprint density at radius 3 is 2.23 bits per heavy atom. The third-order valence-electron chi connectivity index (χ3n) is 6.42. The molecule has 0 N–H and O–H groups in total.